The molecule has 0 aromatic heterocycles. The average Bonchev–Trinajstić information content (AvgIpc) is 2.76. The van der Waals surface area contributed by atoms with Crippen LogP contribution >= 0.6 is 0 Å². The standard InChI is InChI=1S/C22H18F3N5O4S2/c1-13-19(28-2)20(17-9-8-14(12-26)10-18(17)35(3,27)32)30(36(4,33)34)21(31)29(13)16-7-5-6-15(11-16)22(23,24)25/h5-11,20,27H,1,3-4H3/t20-,35+/m1/s1. The summed E-state index contributed by atoms with van der Waals surface area (Å²) in [5.41, 5.74) is -2.04. The van der Waals surface area contributed by atoms with Crippen molar-refractivity contribution in [2.45, 2.75) is 24.0 Å². The number of allylic oxidation sites excluding steroid dienone is 1. The van der Waals surface area contributed by atoms with E-state index < -0.39 is 43.6 Å². The zero-order valence-corrected chi connectivity index (χ0v) is 20.6. The molecule has 0 saturated carbocycles. The van der Waals surface area contributed by atoms with Gasteiger partial charge in [0.05, 0.1) is 44.6 Å². The van der Waals surface area contributed by atoms with Crippen molar-refractivity contribution in [2.75, 3.05) is 17.4 Å². The lowest BCUT2D eigenvalue weighted by Crippen LogP contribution is -2.51. The van der Waals surface area contributed by atoms with Crippen LogP contribution in [0.25, 0.3) is 4.85 Å². The summed E-state index contributed by atoms with van der Waals surface area (Å²) in [6, 6.07) is 6.10. The molecule has 0 aliphatic carbocycles. The molecule has 36 heavy (non-hydrogen) atoms. The first-order chi connectivity index (χ1) is 16.5. The van der Waals surface area contributed by atoms with Gasteiger partial charge < -0.3 is 0 Å². The number of alkyl halides is 3. The maximum atomic E-state index is 13.6. The van der Waals surface area contributed by atoms with Crippen LogP contribution < -0.4 is 4.90 Å². The Morgan fingerprint density at radius 2 is 1.78 bits per heavy atom. The molecule has 2 aromatic rings. The van der Waals surface area contributed by atoms with Crippen LogP contribution in [0, 0.1) is 22.7 Å². The highest BCUT2D eigenvalue weighted by Crippen LogP contribution is 2.44. The van der Waals surface area contributed by atoms with Gasteiger partial charge in [0.15, 0.2) is 0 Å². The molecule has 2 aromatic carbocycles. The van der Waals surface area contributed by atoms with E-state index in [0.717, 1.165) is 30.5 Å². The van der Waals surface area contributed by atoms with Gasteiger partial charge in [-0.2, -0.15) is 18.4 Å². The van der Waals surface area contributed by atoms with Crippen molar-refractivity contribution in [3.05, 3.63) is 82.0 Å². The van der Waals surface area contributed by atoms with Gasteiger partial charge >= 0.3 is 12.2 Å². The number of halogens is 3. The third-order valence-corrected chi connectivity index (χ3v) is 7.62. The number of urea groups is 1. The number of hydrogen-bond acceptors (Lipinski definition) is 6. The van der Waals surface area contributed by atoms with Gasteiger partial charge in [-0.1, -0.05) is 12.1 Å². The largest absolute Gasteiger partial charge is 0.416 e. The number of nitriles is 1. The second kappa shape index (κ2) is 8.96. The van der Waals surface area contributed by atoms with Gasteiger partial charge in [0.2, 0.25) is 15.7 Å². The van der Waals surface area contributed by atoms with Crippen LogP contribution in [0.5, 0.6) is 0 Å². The van der Waals surface area contributed by atoms with Crippen molar-refractivity contribution < 1.29 is 30.6 Å². The summed E-state index contributed by atoms with van der Waals surface area (Å²) in [6.07, 6.45) is -3.04. The lowest BCUT2D eigenvalue weighted by Gasteiger charge is -2.41. The maximum absolute atomic E-state index is 13.6. The summed E-state index contributed by atoms with van der Waals surface area (Å²) < 4.78 is 86.7. The fourth-order valence-electron chi connectivity index (χ4n) is 3.82. The minimum Gasteiger partial charge on any atom is -0.277 e. The molecular formula is C22H18F3N5O4S2. The number of rotatable bonds is 4. The quantitative estimate of drug-likeness (QED) is 0.566. The third kappa shape index (κ3) is 4.78. The monoisotopic (exact) mass is 537 g/mol. The highest BCUT2D eigenvalue weighted by Gasteiger charge is 2.46. The van der Waals surface area contributed by atoms with Gasteiger partial charge in [0.1, 0.15) is 6.04 Å². The first-order valence-corrected chi connectivity index (χ1v) is 13.7. The highest BCUT2D eigenvalue weighted by atomic mass is 32.2. The van der Waals surface area contributed by atoms with Crippen LogP contribution in [0.3, 0.4) is 0 Å². The number of amides is 2. The van der Waals surface area contributed by atoms with E-state index in [2.05, 4.69) is 4.85 Å². The van der Waals surface area contributed by atoms with Gasteiger partial charge in [-0.05, 0) is 42.8 Å². The van der Waals surface area contributed by atoms with Crippen molar-refractivity contribution in [3.63, 3.8) is 0 Å². The van der Waals surface area contributed by atoms with Crippen molar-refractivity contribution in [1.82, 2.24) is 4.31 Å². The number of nitrogens with one attached hydrogen (secondary N) is 1. The summed E-state index contributed by atoms with van der Waals surface area (Å²) in [6.45, 7) is 8.99. The molecular weight excluding hydrogens is 519 g/mol. The Balaban J connectivity index is 2.40. The topological polar surface area (TPSA) is 127 Å². The number of benzene rings is 2. The molecule has 1 N–H and O–H groups in total. The van der Waals surface area contributed by atoms with E-state index in [1.807, 2.05) is 6.07 Å². The van der Waals surface area contributed by atoms with Crippen molar-refractivity contribution in [2.24, 2.45) is 0 Å². The lowest BCUT2D eigenvalue weighted by atomic mass is 9.98. The predicted molar refractivity (Wildman–Crippen MR) is 124 cm³/mol. The highest BCUT2D eigenvalue weighted by molar-refractivity contribution is 7.91. The Hall–Kier alpha value is -3.88. The fraction of sp³-hybridized carbons (Fsp3) is 0.227. The number of nitrogens with zero attached hydrogens (tertiary/aromatic N) is 4. The molecule has 188 valence electrons. The van der Waals surface area contributed by atoms with Crippen molar-refractivity contribution in [1.29, 1.82) is 10.0 Å². The molecule has 1 aliphatic rings. The Bertz CT molecular complexity index is 1600. The normalized spacial score (nSPS) is 18.4. The zero-order valence-electron chi connectivity index (χ0n) is 19.0. The van der Waals surface area contributed by atoms with Gasteiger partial charge in [0, 0.05) is 17.6 Å². The zero-order chi connectivity index (χ0) is 27.2. The number of anilines is 1. The minimum absolute atomic E-state index is 0.0132. The Morgan fingerprint density at radius 3 is 2.28 bits per heavy atom. The first-order valence-electron chi connectivity index (χ1n) is 9.89. The van der Waals surface area contributed by atoms with E-state index in [-0.39, 0.29) is 33.1 Å². The first kappa shape index (κ1) is 26.7. The fourth-order valence-corrected chi connectivity index (χ4v) is 5.76. The van der Waals surface area contributed by atoms with E-state index in [9.17, 15) is 35.9 Å². The summed E-state index contributed by atoms with van der Waals surface area (Å²) in [7, 11) is -8.06. The van der Waals surface area contributed by atoms with Crippen molar-refractivity contribution in [3.8, 4) is 6.07 Å². The summed E-state index contributed by atoms with van der Waals surface area (Å²) in [5.74, 6) is 0. The van der Waals surface area contributed by atoms with E-state index in [1.54, 1.807) is 0 Å². The molecule has 1 heterocycles. The molecule has 2 atom stereocenters. The molecule has 0 fully saturated rings. The Labute approximate surface area is 205 Å². The molecule has 0 bridgehead atoms. The molecule has 1 aliphatic heterocycles. The Morgan fingerprint density at radius 1 is 1.14 bits per heavy atom. The molecule has 0 radical (unpaired) electrons. The van der Waals surface area contributed by atoms with Crippen LogP contribution in [0.4, 0.5) is 23.7 Å². The molecule has 0 spiro atoms. The molecule has 0 saturated heterocycles. The molecule has 0 unspecified atom stereocenters. The number of hydrogen-bond donors (Lipinski definition) is 1. The van der Waals surface area contributed by atoms with Crippen LogP contribution in [0.15, 0.2) is 58.8 Å². The summed E-state index contributed by atoms with van der Waals surface area (Å²) >= 11 is 0. The van der Waals surface area contributed by atoms with Gasteiger partial charge in [-0.25, -0.2) is 31.4 Å². The maximum Gasteiger partial charge on any atom is 0.416 e. The lowest BCUT2D eigenvalue weighted by molar-refractivity contribution is -0.137. The summed E-state index contributed by atoms with van der Waals surface area (Å²) in [4.78, 5) is 17.4. The minimum atomic E-state index is -4.75. The van der Waals surface area contributed by atoms with E-state index in [1.165, 1.54) is 19.1 Å². The molecule has 9 nitrogen and oxygen atoms in total. The number of carbonyl (C=O) groups is 1. The molecule has 14 heteroatoms. The predicted octanol–water partition coefficient (Wildman–Crippen LogP) is 4.71. The van der Waals surface area contributed by atoms with Crippen molar-refractivity contribution >= 4 is 31.5 Å². The number of carbonyl (C=O) groups excluding carboxylic acids is 1. The van der Waals surface area contributed by atoms with E-state index >= 15 is 0 Å². The third-order valence-electron chi connectivity index (χ3n) is 5.35. The van der Waals surface area contributed by atoms with Crippen LogP contribution in [-0.2, 0) is 25.9 Å². The van der Waals surface area contributed by atoms with Crippen LogP contribution in [0.2, 0.25) is 0 Å². The second-order valence-corrected chi connectivity index (χ2v) is 11.9. The van der Waals surface area contributed by atoms with Gasteiger partial charge in [0.25, 0.3) is 0 Å². The van der Waals surface area contributed by atoms with Gasteiger partial charge in [-0.3, -0.25) is 4.90 Å². The SMILES string of the molecule is [C-]#[N+]C1=C(C)N(c2cccc(C(F)(F)F)c2)C(=O)N(S(C)(=O)=O)[C@@H]1c1ccc(C#N)cc1[S@@](C)(=N)=O. The smallest absolute Gasteiger partial charge is 0.277 e. The number of sulfonamides is 1. The molecule has 2 amide bonds. The van der Waals surface area contributed by atoms with E-state index in [0.29, 0.717) is 21.5 Å². The summed E-state index contributed by atoms with van der Waals surface area (Å²) in [5, 5.41) is 9.22. The molecule has 3 rings (SSSR count). The van der Waals surface area contributed by atoms with E-state index in [4.69, 9.17) is 11.4 Å². The second-order valence-electron chi connectivity index (χ2n) is 7.92. The van der Waals surface area contributed by atoms with Gasteiger partial charge in [-0.15, -0.1) is 0 Å². The average molecular weight is 538 g/mol. The Kier molecular flexibility index (Phi) is 6.65. The van der Waals surface area contributed by atoms with Crippen LogP contribution in [0.1, 0.15) is 29.7 Å². The van der Waals surface area contributed by atoms with Crippen LogP contribution in [-0.4, -0.2) is 35.5 Å².